The summed E-state index contributed by atoms with van der Waals surface area (Å²) in [7, 11) is 4.47. The Bertz CT molecular complexity index is 433. The minimum Gasteiger partial charge on any atom is -0.308 e. The molecule has 1 saturated carbocycles. The third-order valence-corrected chi connectivity index (χ3v) is 6.06. The molecule has 1 atom stereocenters. The number of thiazole rings is 1. The Kier molecular flexibility index (Phi) is 5.21. The zero-order valence-electron chi connectivity index (χ0n) is 13.6. The Morgan fingerprint density at radius 1 is 1.25 bits per heavy atom. The van der Waals surface area contributed by atoms with Crippen LogP contribution in [0.3, 0.4) is 0 Å². The Morgan fingerprint density at radius 3 is 2.40 bits per heavy atom. The van der Waals surface area contributed by atoms with E-state index in [2.05, 4.69) is 50.1 Å². The van der Waals surface area contributed by atoms with E-state index in [0.717, 1.165) is 6.54 Å². The van der Waals surface area contributed by atoms with Gasteiger partial charge in [-0.3, -0.25) is 0 Å². The van der Waals surface area contributed by atoms with Crippen molar-refractivity contribution in [3.05, 3.63) is 15.6 Å². The number of aromatic nitrogens is 1. The monoisotopic (exact) mass is 295 g/mol. The topological polar surface area (TPSA) is 28.2 Å². The van der Waals surface area contributed by atoms with Gasteiger partial charge in [-0.2, -0.15) is 0 Å². The van der Waals surface area contributed by atoms with Crippen molar-refractivity contribution in [2.45, 2.75) is 64.5 Å². The number of likely N-dealkylation sites (N-methyl/N-ethyl adjacent to an activating group) is 1. The molecule has 20 heavy (non-hydrogen) atoms. The number of hydrogen-bond donors (Lipinski definition) is 1. The fourth-order valence-electron chi connectivity index (χ4n) is 3.38. The van der Waals surface area contributed by atoms with Crippen molar-refractivity contribution in [3.63, 3.8) is 0 Å². The van der Waals surface area contributed by atoms with E-state index in [1.807, 2.05) is 11.3 Å². The van der Waals surface area contributed by atoms with Gasteiger partial charge in [-0.1, -0.05) is 19.3 Å². The summed E-state index contributed by atoms with van der Waals surface area (Å²) >= 11 is 1.83. The van der Waals surface area contributed by atoms with Crippen molar-refractivity contribution >= 4 is 11.3 Å². The van der Waals surface area contributed by atoms with E-state index in [0.29, 0.717) is 11.6 Å². The molecule has 1 fully saturated rings. The highest BCUT2D eigenvalue weighted by Gasteiger charge is 2.34. The van der Waals surface area contributed by atoms with Gasteiger partial charge < -0.3 is 10.2 Å². The Labute approximate surface area is 127 Å². The zero-order chi connectivity index (χ0) is 14.8. The highest BCUT2D eigenvalue weighted by molar-refractivity contribution is 7.11. The van der Waals surface area contributed by atoms with Gasteiger partial charge in [0.15, 0.2) is 0 Å². The van der Waals surface area contributed by atoms with Crippen LogP contribution in [0.25, 0.3) is 0 Å². The normalized spacial score (nSPS) is 20.3. The average Bonchev–Trinajstić information content (AvgIpc) is 2.76. The van der Waals surface area contributed by atoms with Crippen LogP contribution in [0.15, 0.2) is 0 Å². The molecule has 0 aliphatic heterocycles. The van der Waals surface area contributed by atoms with E-state index >= 15 is 0 Å². The maximum Gasteiger partial charge on any atom is 0.0900 e. The Hall–Kier alpha value is -0.450. The lowest BCUT2D eigenvalue weighted by atomic mass is 9.80. The highest BCUT2D eigenvalue weighted by atomic mass is 32.1. The molecule has 0 aromatic carbocycles. The molecule has 4 heteroatoms. The minimum absolute atomic E-state index is 0.347. The SMILES string of the molecule is Cc1nc(C)c(C(C)NCC2(N(C)C)CCCCC2)s1. The van der Waals surface area contributed by atoms with Crippen molar-refractivity contribution in [2.75, 3.05) is 20.6 Å². The van der Waals surface area contributed by atoms with Crippen LogP contribution < -0.4 is 5.32 Å². The fourth-order valence-corrected chi connectivity index (χ4v) is 4.33. The van der Waals surface area contributed by atoms with Crippen molar-refractivity contribution in [2.24, 2.45) is 0 Å². The molecule has 1 unspecified atom stereocenters. The molecule has 1 aliphatic rings. The smallest absolute Gasteiger partial charge is 0.0900 e. The second-order valence-electron chi connectivity index (χ2n) is 6.46. The highest BCUT2D eigenvalue weighted by Crippen LogP contribution is 2.33. The molecule has 0 saturated heterocycles. The predicted octanol–water partition coefficient (Wildman–Crippen LogP) is 3.68. The Morgan fingerprint density at radius 2 is 1.90 bits per heavy atom. The van der Waals surface area contributed by atoms with Crippen LogP contribution >= 0.6 is 11.3 Å². The quantitative estimate of drug-likeness (QED) is 0.898. The van der Waals surface area contributed by atoms with Gasteiger partial charge >= 0.3 is 0 Å². The number of hydrogen-bond acceptors (Lipinski definition) is 4. The van der Waals surface area contributed by atoms with E-state index in [4.69, 9.17) is 0 Å². The maximum absolute atomic E-state index is 4.55. The first-order valence-electron chi connectivity index (χ1n) is 7.79. The lowest BCUT2D eigenvalue weighted by Gasteiger charge is -2.43. The van der Waals surface area contributed by atoms with Crippen molar-refractivity contribution in [1.29, 1.82) is 0 Å². The molecule has 0 spiro atoms. The van der Waals surface area contributed by atoms with E-state index in [9.17, 15) is 0 Å². The third-order valence-electron chi connectivity index (χ3n) is 4.80. The maximum atomic E-state index is 4.55. The van der Waals surface area contributed by atoms with Crippen LogP contribution in [0.4, 0.5) is 0 Å². The second kappa shape index (κ2) is 6.54. The van der Waals surface area contributed by atoms with Crippen LogP contribution in [0.1, 0.15) is 60.6 Å². The lowest BCUT2D eigenvalue weighted by molar-refractivity contribution is 0.0959. The summed E-state index contributed by atoms with van der Waals surface area (Å²) in [6.45, 7) is 7.57. The molecule has 1 heterocycles. The van der Waals surface area contributed by atoms with E-state index in [1.54, 1.807) is 0 Å². The van der Waals surface area contributed by atoms with Gasteiger partial charge in [-0.15, -0.1) is 11.3 Å². The first-order chi connectivity index (χ1) is 9.44. The van der Waals surface area contributed by atoms with Gasteiger partial charge in [-0.25, -0.2) is 4.98 Å². The summed E-state index contributed by atoms with van der Waals surface area (Å²) in [5.74, 6) is 0. The second-order valence-corrected chi connectivity index (χ2v) is 7.70. The van der Waals surface area contributed by atoms with E-state index in [1.165, 1.54) is 47.7 Å². The van der Waals surface area contributed by atoms with Crippen molar-refractivity contribution in [3.8, 4) is 0 Å². The van der Waals surface area contributed by atoms with Crippen LogP contribution in [0, 0.1) is 13.8 Å². The average molecular weight is 295 g/mol. The van der Waals surface area contributed by atoms with Crippen LogP contribution in [-0.4, -0.2) is 36.1 Å². The van der Waals surface area contributed by atoms with Gasteiger partial charge in [0.2, 0.25) is 0 Å². The molecule has 3 nitrogen and oxygen atoms in total. The largest absolute Gasteiger partial charge is 0.308 e. The van der Waals surface area contributed by atoms with Gasteiger partial charge in [0.05, 0.1) is 10.7 Å². The van der Waals surface area contributed by atoms with Crippen molar-refractivity contribution < 1.29 is 0 Å². The fraction of sp³-hybridized carbons (Fsp3) is 0.812. The summed E-state index contributed by atoms with van der Waals surface area (Å²) in [6.07, 6.45) is 6.78. The van der Waals surface area contributed by atoms with Crippen LogP contribution in [0.2, 0.25) is 0 Å². The first-order valence-corrected chi connectivity index (χ1v) is 8.61. The summed E-state index contributed by atoms with van der Waals surface area (Å²) in [5, 5.41) is 4.95. The van der Waals surface area contributed by atoms with E-state index in [-0.39, 0.29) is 0 Å². The van der Waals surface area contributed by atoms with Crippen molar-refractivity contribution in [1.82, 2.24) is 15.2 Å². The summed E-state index contributed by atoms with van der Waals surface area (Å²) in [6, 6.07) is 0.403. The standard InChI is InChI=1S/C16H29N3S/c1-12(15-13(2)18-14(3)20-15)17-11-16(19(4)5)9-7-6-8-10-16/h12,17H,6-11H2,1-5H3. The van der Waals surface area contributed by atoms with E-state index < -0.39 is 0 Å². The molecule has 0 amide bonds. The van der Waals surface area contributed by atoms with Gasteiger partial charge in [-0.05, 0) is 47.7 Å². The molecule has 1 N–H and O–H groups in total. The molecule has 0 radical (unpaired) electrons. The number of nitrogens with one attached hydrogen (secondary N) is 1. The van der Waals surface area contributed by atoms with Crippen LogP contribution in [0.5, 0.6) is 0 Å². The summed E-state index contributed by atoms with van der Waals surface area (Å²) < 4.78 is 0. The molecule has 2 rings (SSSR count). The van der Waals surface area contributed by atoms with Crippen LogP contribution in [-0.2, 0) is 0 Å². The van der Waals surface area contributed by atoms with Gasteiger partial charge in [0.25, 0.3) is 0 Å². The molecule has 1 aromatic rings. The summed E-state index contributed by atoms with van der Waals surface area (Å²) in [5.41, 5.74) is 1.54. The molecule has 1 aliphatic carbocycles. The number of aryl methyl sites for hydroxylation is 2. The predicted molar refractivity (Wildman–Crippen MR) is 87.5 cm³/mol. The van der Waals surface area contributed by atoms with Gasteiger partial charge in [0.1, 0.15) is 0 Å². The minimum atomic E-state index is 0.347. The molecular weight excluding hydrogens is 266 g/mol. The number of nitrogens with zero attached hydrogens (tertiary/aromatic N) is 2. The molecule has 1 aromatic heterocycles. The molecular formula is C16H29N3S. The first kappa shape index (κ1) is 15.9. The summed E-state index contributed by atoms with van der Waals surface area (Å²) in [4.78, 5) is 8.38. The van der Waals surface area contributed by atoms with Gasteiger partial charge in [0, 0.05) is 23.0 Å². The lowest BCUT2D eigenvalue weighted by Crippen LogP contribution is -2.53. The third kappa shape index (κ3) is 3.41. The molecule has 0 bridgehead atoms. The zero-order valence-corrected chi connectivity index (χ0v) is 14.4. The Balaban J connectivity index is 2.00. The molecule has 114 valence electrons. The number of rotatable bonds is 5.